The van der Waals surface area contributed by atoms with Crippen molar-refractivity contribution in [2.24, 2.45) is 0 Å². The van der Waals surface area contributed by atoms with Gasteiger partial charge in [-0.3, -0.25) is 0 Å². The van der Waals surface area contributed by atoms with Crippen LogP contribution < -0.4 is 10.6 Å². The maximum atomic E-state index is 5.57. The van der Waals surface area contributed by atoms with E-state index < -0.39 is 0 Å². The zero-order chi connectivity index (χ0) is 13.9. The minimum atomic E-state index is 0.115. The molecule has 6 heteroatoms. The Morgan fingerprint density at radius 1 is 1.21 bits per heavy atom. The van der Waals surface area contributed by atoms with Crippen LogP contribution in [0.3, 0.4) is 0 Å². The van der Waals surface area contributed by atoms with E-state index in [4.69, 9.17) is 4.42 Å². The quantitative estimate of drug-likeness (QED) is 0.610. The molecule has 19 heavy (non-hydrogen) atoms. The van der Waals surface area contributed by atoms with Crippen LogP contribution >= 0.6 is 11.8 Å². The number of hydrogen-bond acceptors (Lipinski definition) is 6. The number of rotatable bonds is 11. The predicted molar refractivity (Wildman–Crippen MR) is 81.7 cm³/mol. The van der Waals surface area contributed by atoms with Crippen molar-refractivity contribution in [2.75, 3.05) is 30.4 Å². The molecular weight excluding hydrogens is 260 g/mol. The van der Waals surface area contributed by atoms with Crippen LogP contribution in [0.25, 0.3) is 0 Å². The molecule has 110 valence electrons. The van der Waals surface area contributed by atoms with E-state index in [-0.39, 0.29) is 6.04 Å². The van der Waals surface area contributed by atoms with E-state index in [1.807, 2.05) is 18.7 Å². The highest BCUT2D eigenvalue weighted by atomic mass is 32.2. The van der Waals surface area contributed by atoms with Crippen LogP contribution in [0.1, 0.15) is 51.5 Å². The Labute approximate surface area is 120 Å². The van der Waals surface area contributed by atoms with Crippen LogP contribution in [-0.2, 0) is 0 Å². The summed E-state index contributed by atoms with van der Waals surface area (Å²) in [5.41, 5.74) is 0. The van der Waals surface area contributed by atoms with Gasteiger partial charge in [0.25, 0.3) is 0 Å². The molecule has 1 atom stereocenters. The van der Waals surface area contributed by atoms with Gasteiger partial charge in [-0.1, -0.05) is 18.4 Å². The summed E-state index contributed by atoms with van der Waals surface area (Å²) in [5.74, 6) is 1.89. The standard InChI is InChI=1S/C13H26N4OS/c1-4-8-14-11(2)12-16-17-13(18-12)15-9-6-5-7-10-19-3/h11,14H,4-10H2,1-3H3,(H,15,17). The predicted octanol–water partition coefficient (Wildman–Crippen LogP) is 3.08. The third-order valence-electron chi connectivity index (χ3n) is 2.81. The lowest BCUT2D eigenvalue weighted by molar-refractivity contribution is 0.423. The van der Waals surface area contributed by atoms with E-state index in [0.717, 1.165) is 25.9 Å². The monoisotopic (exact) mass is 286 g/mol. The van der Waals surface area contributed by atoms with Gasteiger partial charge in [0.1, 0.15) is 0 Å². The maximum absolute atomic E-state index is 5.57. The first kappa shape index (κ1) is 16.3. The van der Waals surface area contributed by atoms with Crippen LogP contribution in [-0.4, -0.2) is 35.3 Å². The highest BCUT2D eigenvalue weighted by molar-refractivity contribution is 7.98. The molecule has 0 aliphatic rings. The molecule has 1 aromatic heterocycles. The van der Waals surface area contributed by atoms with Gasteiger partial charge in [0.15, 0.2) is 0 Å². The number of hydrogen-bond donors (Lipinski definition) is 2. The SMILES string of the molecule is CCCNC(C)c1nnc(NCCCCCSC)o1. The van der Waals surface area contributed by atoms with Crippen molar-refractivity contribution in [2.45, 2.75) is 45.6 Å². The highest BCUT2D eigenvalue weighted by Gasteiger charge is 2.12. The first-order chi connectivity index (χ1) is 9.27. The van der Waals surface area contributed by atoms with Gasteiger partial charge in [0.05, 0.1) is 6.04 Å². The minimum absolute atomic E-state index is 0.115. The zero-order valence-electron chi connectivity index (χ0n) is 12.2. The Bertz CT molecular complexity index is 332. The molecule has 0 radical (unpaired) electrons. The normalized spacial score (nSPS) is 12.6. The maximum Gasteiger partial charge on any atom is 0.315 e. The second-order valence-corrected chi connectivity index (χ2v) is 5.59. The molecule has 0 spiro atoms. The summed E-state index contributed by atoms with van der Waals surface area (Å²) < 4.78 is 5.57. The Kier molecular flexibility index (Phi) is 8.66. The van der Waals surface area contributed by atoms with Gasteiger partial charge >= 0.3 is 6.01 Å². The largest absolute Gasteiger partial charge is 0.406 e. The smallest absolute Gasteiger partial charge is 0.315 e. The molecule has 0 aliphatic heterocycles. The average molecular weight is 286 g/mol. The summed E-state index contributed by atoms with van der Waals surface area (Å²) >= 11 is 1.90. The fourth-order valence-electron chi connectivity index (χ4n) is 1.67. The zero-order valence-corrected chi connectivity index (χ0v) is 13.1. The summed E-state index contributed by atoms with van der Waals surface area (Å²) in [7, 11) is 0. The van der Waals surface area contributed by atoms with Gasteiger partial charge in [-0.05, 0) is 44.7 Å². The number of nitrogens with one attached hydrogen (secondary N) is 2. The van der Waals surface area contributed by atoms with Crippen molar-refractivity contribution in [3.8, 4) is 0 Å². The van der Waals surface area contributed by atoms with Crippen LogP contribution in [0.5, 0.6) is 0 Å². The van der Waals surface area contributed by atoms with Crippen LogP contribution in [0.15, 0.2) is 4.42 Å². The Morgan fingerprint density at radius 2 is 2.05 bits per heavy atom. The molecule has 0 saturated heterocycles. The first-order valence-electron chi connectivity index (χ1n) is 7.07. The van der Waals surface area contributed by atoms with Crippen LogP contribution in [0, 0.1) is 0 Å². The molecule has 0 aliphatic carbocycles. The molecule has 5 nitrogen and oxygen atoms in total. The molecule has 0 aromatic carbocycles. The summed E-state index contributed by atoms with van der Waals surface area (Å²) in [6.07, 6.45) is 6.90. The molecule has 0 bridgehead atoms. The van der Waals surface area contributed by atoms with Gasteiger partial charge in [-0.2, -0.15) is 11.8 Å². The Hall–Kier alpha value is -0.750. The van der Waals surface area contributed by atoms with Gasteiger partial charge in [0.2, 0.25) is 5.89 Å². The van der Waals surface area contributed by atoms with Crippen molar-refractivity contribution in [1.29, 1.82) is 0 Å². The molecule has 1 rings (SSSR count). The molecule has 2 N–H and O–H groups in total. The number of unbranched alkanes of at least 4 members (excludes halogenated alkanes) is 2. The first-order valence-corrected chi connectivity index (χ1v) is 8.47. The van der Waals surface area contributed by atoms with Gasteiger partial charge in [0, 0.05) is 6.54 Å². The second-order valence-electron chi connectivity index (χ2n) is 4.60. The van der Waals surface area contributed by atoms with E-state index in [9.17, 15) is 0 Å². The lowest BCUT2D eigenvalue weighted by atomic mass is 10.2. The number of aromatic nitrogens is 2. The van der Waals surface area contributed by atoms with Crippen LogP contribution in [0.2, 0.25) is 0 Å². The molecule has 0 saturated carbocycles. The van der Waals surface area contributed by atoms with Crippen molar-refractivity contribution in [1.82, 2.24) is 15.5 Å². The molecule has 0 fully saturated rings. The lowest BCUT2D eigenvalue weighted by Gasteiger charge is -2.07. The minimum Gasteiger partial charge on any atom is -0.406 e. The average Bonchev–Trinajstić information content (AvgIpc) is 2.89. The fraction of sp³-hybridized carbons (Fsp3) is 0.846. The van der Waals surface area contributed by atoms with Crippen molar-refractivity contribution in [3.63, 3.8) is 0 Å². The van der Waals surface area contributed by atoms with E-state index in [0.29, 0.717) is 11.9 Å². The number of anilines is 1. The van der Waals surface area contributed by atoms with Crippen molar-refractivity contribution < 1.29 is 4.42 Å². The number of nitrogens with zero attached hydrogens (tertiary/aromatic N) is 2. The summed E-state index contributed by atoms with van der Waals surface area (Å²) in [4.78, 5) is 0. The van der Waals surface area contributed by atoms with E-state index >= 15 is 0 Å². The molecule has 1 aromatic rings. The molecular formula is C13H26N4OS. The molecule has 1 unspecified atom stereocenters. The summed E-state index contributed by atoms with van der Waals surface area (Å²) in [6.45, 7) is 6.03. The summed E-state index contributed by atoms with van der Waals surface area (Å²) in [5, 5.41) is 14.6. The van der Waals surface area contributed by atoms with Gasteiger partial charge in [-0.25, -0.2) is 0 Å². The number of thioether (sulfide) groups is 1. The van der Waals surface area contributed by atoms with E-state index in [2.05, 4.69) is 34.0 Å². The third-order valence-corrected chi connectivity index (χ3v) is 3.51. The Balaban J connectivity index is 2.19. The fourth-order valence-corrected chi connectivity index (χ4v) is 2.17. The van der Waals surface area contributed by atoms with E-state index in [1.165, 1.54) is 18.6 Å². The van der Waals surface area contributed by atoms with Gasteiger partial charge < -0.3 is 15.1 Å². The van der Waals surface area contributed by atoms with E-state index in [1.54, 1.807) is 0 Å². The highest BCUT2D eigenvalue weighted by Crippen LogP contribution is 2.13. The van der Waals surface area contributed by atoms with Crippen LogP contribution in [0.4, 0.5) is 6.01 Å². The van der Waals surface area contributed by atoms with Crippen molar-refractivity contribution in [3.05, 3.63) is 5.89 Å². The van der Waals surface area contributed by atoms with Gasteiger partial charge in [-0.15, -0.1) is 5.10 Å². The Morgan fingerprint density at radius 3 is 2.79 bits per heavy atom. The second kappa shape index (κ2) is 10.1. The molecule has 1 heterocycles. The molecule has 0 amide bonds. The van der Waals surface area contributed by atoms with Crippen molar-refractivity contribution >= 4 is 17.8 Å². The summed E-state index contributed by atoms with van der Waals surface area (Å²) in [6, 6.07) is 0.648. The third kappa shape index (κ3) is 6.82. The topological polar surface area (TPSA) is 63.0 Å². The lowest BCUT2D eigenvalue weighted by Crippen LogP contribution is -2.19.